The Bertz CT molecular complexity index is 844. The minimum Gasteiger partial charge on any atom is -0.348 e. The van der Waals surface area contributed by atoms with Crippen LogP contribution in [0.25, 0.3) is 10.4 Å². The fraction of sp³-hybridized carbons (Fsp3) is 0.421. The largest absolute Gasteiger partial charge is 0.348 e. The first-order chi connectivity index (χ1) is 12.4. The van der Waals surface area contributed by atoms with Crippen molar-refractivity contribution in [1.82, 2.24) is 19.7 Å². The molecule has 1 saturated carbocycles. The Morgan fingerprint density at radius 3 is 2.56 bits per heavy atom. The summed E-state index contributed by atoms with van der Waals surface area (Å²) in [4.78, 5) is 8.33. The lowest BCUT2D eigenvalue weighted by molar-refractivity contribution is 0.465. The average Bonchev–Trinajstić information content (AvgIpc) is 3.20. The van der Waals surface area contributed by atoms with Crippen LogP contribution in [-0.2, 0) is 0 Å². The van der Waals surface area contributed by atoms with Crippen LogP contribution in [-0.4, -0.2) is 32.8 Å². The van der Waals surface area contributed by atoms with Crippen molar-refractivity contribution >= 4 is 16.5 Å². The van der Waals surface area contributed by atoms with Crippen LogP contribution in [0.15, 0.2) is 42.9 Å². The van der Waals surface area contributed by atoms with E-state index in [0.717, 1.165) is 31.1 Å². The van der Waals surface area contributed by atoms with E-state index in [1.54, 1.807) is 11.3 Å². The van der Waals surface area contributed by atoms with Gasteiger partial charge in [0.05, 0.1) is 4.88 Å². The van der Waals surface area contributed by atoms with Crippen LogP contribution in [0.5, 0.6) is 0 Å². The van der Waals surface area contributed by atoms with E-state index < -0.39 is 0 Å². The standard InChI is InChI=1S/C19H21N5S/c1-2-4-14(5-3-1)17-12-20-19(25-17)23-10-8-15(9-11-23)18-22-21-13-24(18)16-6-7-16/h1-5,12-13,15-16H,6-11H2. The third-order valence-corrected chi connectivity index (χ3v) is 6.33. The van der Waals surface area contributed by atoms with E-state index in [0.29, 0.717) is 12.0 Å². The third-order valence-electron chi connectivity index (χ3n) is 5.22. The van der Waals surface area contributed by atoms with E-state index in [4.69, 9.17) is 0 Å². The normalized spacial score (nSPS) is 18.6. The molecule has 0 unspecified atom stereocenters. The molecule has 5 nitrogen and oxygen atoms in total. The van der Waals surface area contributed by atoms with E-state index in [1.165, 1.54) is 29.1 Å². The molecule has 25 heavy (non-hydrogen) atoms. The molecule has 2 aliphatic rings. The van der Waals surface area contributed by atoms with Crippen molar-refractivity contribution < 1.29 is 0 Å². The van der Waals surface area contributed by atoms with Crippen molar-refractivity contribution in [2.45, 2.75) is 37.6 Å². The molecule has 1 aliphatic carbocycles. The van der Waals surface area contributed by atoms with Gasteiger partial charge in [-0.15, -0.1) is 10.2 Å². The molecule has 2 fully saturated rings. The highest BCUT2D eigenvalue weighted by molar-refractivity contribution is 7.18. The summed E-state index contributed by atoms with van der Waals surface area (Å²) < 4.78 is 2.32. The van der Waals surface area contributed by atoms with E-state index in [-0.39, 0.29) is 0 Å². The molecule has 0 radical (unpaired) electrons. The predicted molar refractivity (Wildman–Crippen MR) is 100 cm³/mol. The number of hydrogen-bond donors (Lipinski definition) is 0. The lowest BCUT2D eigenvalue weighted by atomic mass is 9.96. The quantitative estimate of drug-likeness (QED) is 0.709. The van der Waals surface area contributed by atoms with Crippen LogP contribution in [0, 0.1) is 0 Å². The summed E-state index contributed by atoms with van der Waals surface area (Å²) in [6.45, 7) is 2.09. The zero-order chi connectivity index (χ0) is 16.6. The molecule has 5 rings (SSSR count). The zero-order valence-corrected chi connectivity index (χ0v) is 14.9. The summed E-state index contributed by atoms with van der Waals surface area (Å²) in [5.41, 5.74) is 1.25. The molecule has 0 spiro atoms. The Labute approximate surface area is 151 Å². The van der Waals surface area contributed by atoms with Gasteiger partial charge in [-0.3, -0.25) is 0 Å². The van der Waals surface area contributed by atoms with Gasteiger partial charge in [-0.25, -0.2) is 4.98 Å². The van der Waals surface area contributed by atoms with Crippen LogP contribution in [0.4, 0.5) is 5.13 Å². The minimum absolute atomic E-state index is 0.535. The van der Waals surface area contributed by atoms with Gasteiger partial charge in [0.25, 0.3) is 0 Å². The van der Waals surface area contributed by atoms with Gasteiger partial charge in [0.15, 0.2) is 5.13 Å². The molecule has 1 aliphatic heterocycles. The Kier molecular flexibility index (Phi) is 3.77. The number of piperidine rings is 1. The van der Waals surface area contributed by atoms with Crippen LogP contribution < -0.4 is 4.90 Å². The van der Waals surface area contributed by atoms with Gasteiger partial charge in [0, 0.05) is 31.2 Å². The van der Waals surface area contributed by atoms with Crippen LogP contribution in [0.2, 0.25) is 0 Å². The highest BCUT2D eigenvalue weighted by Crippen LogP contribution is 2.39. The van der Waals surface area contributed by atoms with Gasteiger partial charge >= 0.3 is 0 Å². The molecule has 2 aromatic heterocycles. The van der Waals surface area contributed by atoms with Gasteiger partial charge in [-0.05, 0) is 31.2 Å². The summed E-state index contributed by atoms with van der Waals surface area (Å²) in [5.74, 6) is 1.74. The van der Waals surface area contributed by atoms with Crippen LogP contribution in [0.1, 0.15) is 43.5 Å². The van der Waals surface area contributed by atoms with Crippen molar-refractivity contribution in [3.8, 4) is 10.4 Å². The molecule has 0 atom stereocenters. The predicted octanol–water partition coefficient (Wildman–Crippen LogP) is 4.12. The monoisotopic (exact) mass is 351 g/mol. The number of nitrogens with zero attached hydrogens (tertiary/aromatic N) is 5. The lowest BCUT2D eigenvalue weighted by Gasteiger charge is -2.31. The molecule has 0 amide bonds. The van der Waals surface area contributed by atoms with Gasteiger partial charge in [-0.1, -0.05) is 41.7 Å². The Morgan fingerprint density at radius 2 is 1.80 bits per heavy atom. The highest BCUT2D eigenvalue weighted by atomic mass is 32.1. The van der Waals surface area contributed by atoms with Crippen molar-refractivity contribution in [3.05, 3.63) is 48.7 Å². The number of benzene rings is 1. The number of aromatic nitrogens is 4. The van der Waals surface area contributed by atoms with Crippen molar-refractivity contribution in [3.63, 3.8) is 0 Å². The first kappa shape index (κ1) is 15.1. The third kappa shape index (κ3) is 2.95. The summed E-state index contributed by atoms with van der Waals surface area (Å²) >= 11 is 1.79. The maximum Gasteiger partial charge on any atom is 0.185 e. The molecule has 0 bridgehead atoms. The zero-order valence-electron chi connectivity index (χ0n) is 14.1. The smallest absolute Gasteiger partial charge is 0.185 e. The van der Waals surface area contributed by atoms with Gasteiger partial charge in [-0.2, -0.15) is 0 Å². The van der Waals surface area contributed by atoms with Gasteiger partial charge in [0.2, 0.25) is 0 Å². The maximum absolute atomic E-state index is 4.67. The first-order valence-corrected chi connectivity index (χ1v) is 9.86. The molecule has 0 N–H and O–H groups in total. The Morgan fingerprint density at radius 1 is 1.00 bits per heavy atom. The van der Waals surface area contributed by atoms with E-state index in [1.807, 2.05) is 12.5 Å². The molecule has 6 heteroatoms. The number of anilines is 1. The summed E-state index contributed by atoms with van der Waals surface area (Å²) in [7, 11) is 0. The second kappa shape index (κ2) is 6.26. The summed E-state index contributed by atoms with van der Waals surface area (Å²) in [5, 5.41) is 9.73. The fourth-order valence-corrected chi connectivity index (χ4v) is 4.63. The van der Waals surface area contributed by atoms with Crippen molar-refractivity contribution in [2.75, 3.05) is 18.0 Å². The van der Waals surface area contributed by atoms with Crippen LogP contribution in [0.3, 0.4) is 0 Å². The molecule has 3 heterocycles. The van der Waals surface area contributed by atoms with E-state index in [9.17, 15) is 0 Å². The summed E-state index contributed by atoms with van der Waals surface area (Å²) in [6.07, 6.45) is 8.76. The first-order valence-electron chi connectivity index (χ1n) is 9.04. The molecule has 1 aromatic carbocycles. The summed E-state index contributed by atoms with van der Waals surface area (Å²) in [6, 6.07) is 11.2. The average molecular weight is 351 g/mol. The topological polar surface area (TPSA) is 46.8 Å². The molecular formula is C19H21N5S. The minimum atomic E-state index is 0.535. The van der Waals surface area contributed by atoms with Crippen molar-refractivity contribution in [2.24, 2.45) is 0 Å². The molecule has 128 valence electrons. The fourth-order valence-electron chi connectivity index (χ4n) is 3.65. The highest BCUT2D eigenvalue weighted by Gasteiger charge is 2.31. The Hall–Kier alpha value is -2.21. The maximum atomic E-state index is 4.67. The van der Waals surface area contributed by atoms with E-state index in [2.05, 4.69) is 55.0 Å². The molecular weight excluding hydrogens is 330 g/mol. The SMILES string of the molecule is c1ccc(-c2cnc(N3CCC(c4nncn4C4CC4)CC3)s2)cc1. The molecule has 3 aromatic rings. The lowest BCUT2D eigenvalue weighted by Crippen LogP contribution is -2.33. The Balaban J connectivity index is 1.27. The molecule has 1 saturated heterocycles. The van der Waals surface area contributed by atoms with E-state index >= 15 is 0 Å². The van der Waals surface area contributed by atoms with Crippen molar-refractivity contribution in [1.29, 1.82) is 0 Å². The van der Waals surface area contributed by atoms with Gasteiger partial charge < -0.3 is 9.47 Å². The van der Waals surface area contributed by atoms with Crippen LogP contribution >= 0.6 is 11.3 Å². The van der Waals surface area contributed by atoms with Gasteiger partial charge in [0.1, 0.15) is 12.2 Å². The second-order valence-corrected chi connectivity index (χ2v) is 7.97. The second-order valence-electron chi connectivity index (χ2n) is 6.96. The number of hydrogen-bond acceptors (Lipinski definition) is 5. The number of thiazole rings is 1. The number of rotatable bonds is 4.